The summed E-state index contributed by atoms with van der Waals surface area (Å²) in [7, 11) is 0. The van der Waals surface area contributed by atoms with Crippen LogP contribution in [0.25, 0.3) is 11.3 Å². The van der Waals surface area contributed by atoms with Gasteiger partial charge >= 0.3 is 0 Å². The van der Waals surface area contributed by atoms with Gasteiger partial charge in [0.05, 0.1) is 6.26 Å². The van der Waals surface area contributed by atoms with Gasteiger partial charge < -0.3 is 4.42 Å². The largest absolute Gasteiger partial charge is 0.464 e. The van der Waals surface area contributed by atoms with Crippen LogP contribution < -0.4 is 0 Å². The number of rotatable bonds is 5. The van der Waals surface area contributed by atoms with Crippen molar-refractivity contribution in [3.8, 4) is 11.3 Å². The van der Waals surface area contributed by atoms with Gasteiger partial charge in [-0.05, 0) is 59.7 Å². The van der Waals surface area contributed by atoms with Gasteiger partial charge in [0.25, 0.3) is 0 Å². The number of hydrogen-bond acceptors (Lipinski definition) is 2. The van der Waals surface area contributed by atoms with Gasteiger partial charge in [0, 0.05) is 12.0 Å². The van der Waals surface area contributed by atoms with Crippen LogP contribution >= 0.6 is 0 Å². The number of carbonyl (C=O) groups excluding carboxylic acids is 1. The first-order valence-electron chi connectivity index (χ1n) is 7.60. The Hall–Kier alpha value is -1.83. The Bertz CT molecular complexity index is 590. The van der Waals surface area contributed by atoms with Crippen molar-refractivity contribution in [3.63, 3.8) is 0 Å². The summed E-state index contributed by atoms with van der Waals surface area (Å²) >= 11 is 0. The van der Waals surface area contributed by atoms with Gasteiger partial charge in [-0.1, -0.05) is 27.7 Å². The molecule has 0 aliphatic rings. The highest BCUT2D eigenvalue weighted by atomic mass is 16.3. The van der Waals surface area contributed by atoms with E-state index in [1.807, 2.05) is 12.1 Å². The third kappa shape index (κ3) is 3.44. The second-order valence-corrected chi connectivity index (χ2v) is 6.30. The quantitative estimate of drug-likeness (QED) is 0.743. The second-order valence-electron chi connectivity index (χ2n) is 6.30. The predicted octanol–water partition coefficient (Wildman–Crippen LogP) is 5.32. The van der Waals surface area contributed by atoms with Gasteiger partial charge in [0.1, 0.15) is 11.5 Å². The summed E-state index contributed by atoms with van der Waals surface area (Å²) in [6.07, 6.45) is 2.21. The molecule has 0 aliphatic heterocycles. The molecule has 0 bridgehead atoms. The minimum Gasteiger partial charge on any atom is -0.464 e. The van der Waals surface area contributed by atoms with E-state index in [-0.39, 0.29) is 5.78 Å². The van der Waals surface area contributed by atoms with E-state index in [0.29, 0.717) is 18.3 Å². The lowest BCUT2D eigenvalue weighted by molar-refractivity contribution is -0.116. The van der Waals surface area contributed by atoms with Crippen molar-refractivity contribution < 1.29 is 9.21 Å². The van der Waals surface area contributed by atoms with Crippen molar-refractivity contribution >= 4 is 5.78 Å². The zero-order valence-electron chi connectivity index (χ0n) is 13.6. The van der Waals surface area contributed by atoms with Gasteiger partial charge in [0.2, 0.25) is 0 Å². The van der Waals surface area contributed by atoms with Crippen molar-refractivity contribution in [3.05, 3.63) is 47.2 Å². The number of ketones is 1. The average molecular weight is 284 g/mol. The molecule has 2 rings (SSSR count). The molecule has 1 aromatic heterocycles. The molecule has 0 atom stereocenters. The molecular formula is C19H24O2. The van der Waals surface area contributed by atoms with Gasteiger partial charge in [-0.15, -0.1) is 0 Å². The summed E-state index contributed by atoms with van der Waals surface area (Å²) in [5, 5.41) is 0. The molecule has 0 amide bonds. The van der Waals surface area contributed by atoms with Crippen LogP contribution in [-0.4, -0.2) is 5.78 Å². The number of furan rings is 1. The second kappa shape index (κ2) is 6.30. The smallest absolute Gasteiger partial charge is 0.134 e. The molecule has 2 nitrogen and oxygen atoms in total. The summed E-state index contributed by atoms with van der Waals surface area (Å²) in [6, 6.07) is 8.23. The monoisotopic (exact) mass is 284 g/mol. The van der Waals surface area contributed by atoms with Gasteiger partial charge in [-0.25, -0.2) is 0 Å². The zero-order chi connectivity index (χ0) is 15.6. The first-order valence-corrected chi connectivity index (χ1v) is 7.60. The van der Waals surface area contributed by atoms with Crippen LogP contribution in [-0.2, 0) is 11.2 Å². The van der Waals surface area contributed by atoms with E-state index in [1.54, 1.807) is 13.2 Å². The molecule has 0 spiro atoms. The average Bonchev–Trinajstić information content (AvgIpc) is 2.91. The molecule has 0 radical (unpaired) electrons. The van der Waals surface area contributed by atoms with Crippen molar-refractivity contribution in [1.29, 1.82) is 0 Å². The minimum atomic E-state index is 0.213. The molecule has 1 aromatic carbocycles. The van der Waals surface area contributed by atoms with E-state index in [1.165, 1.54) is 16.7 Å². The molecule has 0 saturated heterocycles. The molecule has 0 aliphatic carbocycles. The molecule has 0 saturated carbocycles. The summed E-state index contributed by atoms with van der Waals surface area (Å²) in [5.41, 5.74) is 4.80. The molecule has 0 N–H and O–H groups in total. The first-order chi connectivity index (χ1) is 9.90. The number of carbonyl (C=O) groups is 1. The maximum absolute atomic E-state index is 11.7. The number of hydrogen-bond donors (Lipinski definition) is 0. The number of benzene rings is 1. The predicted molar refractivity (Wildman–Crippen MR) is 86.7 cm³/mol. The minimum absolute atomic E-state index is 0.213. The molecular weight excluding hydrogens is 260 g/mol. The van der Waals surface area contributed by atoms with Crippen LogP contribution in [0.3, 0.4) is 0 Å². The fraction of sp³-hybridized carbons (Fsp3) is 0.421. The molecule has 0 unspecified atom stereocenters. The van der Waals surface area contributed by atoms with E-state index in [4.69, 9.17) is 4.42 Å². The summed E-state index contributed by atoms with van der Waals surface area (Å²) < 4.78 is 5.54. The highest BCUT2D eigenvalue weighted by Gasteiger charge is 2.18. The van der Waals surface area contributed by atoms with Crippen molar-refractivity contribution in [2.75, 3.05) is 0 Å². The van der Waals surface area contributed by atoms with E-state index in [0.717, 1.165) is 11.3 Å². The van der Waals surface area contributed by atoms with Crippen molar-refractivity contribution in [2.24, 2.45) is 0 Å². The lowest BCUT2D eigenvalue weighted by atomic mass is 9.84. The lowest BCUT2D eigenvalue weighted by Crippen LogP contribution is -2.08. The summed E-state index contributed by atoms with van der Waals surface area (Å²) in [5.74, 6) is 1.86. The van der Waals surface area contributed by atoms with Crippen molar-refractivity contribution in [1.82, 2.24) is 0 Å². The Morgan fingerprint density at radius 2 is 1.67 bits per heavy atom. The molecule has 2 aromatic rings. The summed E-state index contributed by atoms with van der Waals surface area (Å²) in [4.78, 5) is 11.7. The van der Waals surface area contributed by atoms with Crippen LogP contribution in [0.4, 0.5) is 0 Å². The first kappa shape index (κ1) is 15.6. The SMILES string of the molecule is CC(=O)Cc1c(C(C)C)cc(-c2ccco2)cc1C(C)C. The third-order valence-corrected chi connectivity index (χ3v) is 3.79. The van der Waals surface area contributed by atoms with Crippen LogP contribution in [0.15, 0.2) is 34.9 Å². The highest BCUT2D eigenvalue weighted by Crippen LogP contribution is 2.34. The Labute approximate surface area is 127 Å². The van der Waals surface area contributed by atoms with Crippen molar-refractivity contribution in [2.45, 2.75) is 52.9 Å². The Morgan fingerprint density at radius 3 is 2.05 bits per heavy atom. The fourth-order valence-electron chi connectivity index (χ4n) is 2.79. The van der Waals surface area contributed by atoms with Crippen LogP contribution in [0.1, 0.15) is 63.1 Å². The zero-order valence-corrected chi connectivity index (χ0v) is 13.6. The van der Waals surface area contributed by atoms with Gasteiger partial charge in [-0.3, -0.25) is 4.79 Å². The molecule has 112 valence electrons. The normalized spacial score (nSPS) is 11.4. The topological polar surface area (TPSA) is 30.2 Å². The Kier molecular flexibility index (Phi) is 4.66. The van der Waals surface area contributed by atoms with Crippen LogP contribution in [0, 0.1) is 0 Å². The molecule has 0 fully saturated rings. The van der Waals surface area contributed by atoms with Gasteiger partial charge in [0.15, 0.2) is 0 Å². The lowest BCUT2D eigenvalue weighted by Gasteiger charge is -2.20. The Balaban J connectivity index is 2.66. The Morgan fingerprint density at radius 1 is 1.10 bits per heavy atom. The molecule has 21 heavy (non-hydrogen) atoms. The molecule has 1 heterocycles. The maximum atomic E-state index is 11.7. The maximum Gasteiger partial charge on any atom is 0.134 e. The summed E-state index contributed by atoms with van der Waals surface area (Å²) in [6.45, 7) is 10.4. The van der Waals surface area contributed by atoms with Crippen LogP contribution in [0.2, 0.25) is 0 Å². The van der Waals surface area contributed by atoms with E-state index in [9.17, 15) is 4.79 Å². The number of Topliss-reactive ketones (excluding diaryl/α,β-unsaturated/α-hetero) is 1. The van der Waals surface area contributed by atoms with Gasteiger partial charge in [-0.2, -0.15) is 0 Å². The highest BCUT2D eigenvalue weighted by molar-refractivity contribution is 5.80. The van der Waals surface area contributed by atoms with E-state index in [2.05, 4.69) is 39.8 Å². The third-order valence-electron chi connectivity index (χ3n) is 3.79. The standard InChI is InChI=1S/C19H24O2/c1-12(2)16-10-15(19-7-6-8-21-19)11-17(13(3)4)18(16)9-14(5)20/h6-8,10-13H,9H2,1-5H3. The molecule has 2 heteroatoms. The fourth-order valence-corrected chi connectivity index (χ4v) is 2.79. The van der Waals surface area contributed by atoms with E-state index < -0.39 is 0 Å². The van der Waals surface area contributed by atoms with E-state index >= 15 is 0 Å². The van der Waals surface area contributed by atoms with Crippen LogP contribution in [0.5, 0.6) is 0 Å².